The number of hydrogen-bond acceptors (Lipinski definition) is 5. The first kappa shape index (κ1) is 20.5. The largest absolute Gasteiger partial charge is 0.486 e. The average molecular weight is 384 g/mol. The van der Waals surface area contributed by atoms with Crippen LogP contribution in [0.5, 0.6) is 11.5 Å². The monoisotopic (exact) mass is 384 g/mol. The summed E-state index contributed by atoms with van der Waals surface area (Å²) in [5, 5.41) is 2.88. The molecule has 1 aliphatic heterocycles. The summed E-state index contributed by atoms with van der Waals surface area (Å²) in [6, 6.07) is 3.58. The molecule has 0 saturated carbocycles. The molecule has 8 heteroatoms. The molecule has 1 heterocycles. The molecule has 0 spiro atoms. The third-order valence-corrected chi connectivity index (χ3v) is 5.60. The van der Waals surface area contributed by atoms with Crippen molar-refractivity contribution in [3.63, 3.8) is 0 Å². The molecule has 0 fully saturated rings. The van der Waals surface area contributed by atoms with Crippen LogP contribution in [0, 0.1) is 5.92 Å². The van der Waals surface area contributed by atoms with Gasteiger partial charge in [0.05, 0.1) is 4.90 Å². The van der Waals surface area contributed by atoms with Gasteiger partial charge in [-0.3, -0.25) is 4.79 Å². The summed E-state index contributed by atoms with van der Waals surface area (Å²) in [6.07, 6.45) is 1.78. The highest BCUT2D eigenvalue weighted by molar-refractivity contribution is 7.89. The average Bonchev–Trinajstić information content (AvgIpc) is 2.59. The molecule has 1 aromatic carbocycles. The van der Waals surface area contributed by atoms with Crippen LogP contribution in [0.1, 0.15) is 40.5 Å². The Morgan fingerprint density at radius 3 is 2.42 bits per heavy atom. The fourth-order valence-corrected chi connectivity index (χ4v) is 4.12. The highest BCUT2D eigenvalue weighted by Crippen LogP contribution is 2.32. The number of amides is 1. The van der Waals surface area contributed by atoms with E-state index >= 15 is 0 Å². The topological polar surface area (TPSA) is 93.7 Å². The predicted octanol–water partition coefficient (Wildman–Crippen LogP) is 2.07. The van der Waals surface area contributed by atoms with E-state index in [1.54, 1.807) is 19.9 Å². The predicted molar refractivity (Wildman–Crippen MR) is 98.9 cm³/mol. The second-order valence-electron chi connectivity index (χ2n) is 6.85. The fraction of sp³-hybridized carbons (Fsp3) is 0.611. The highest BCUT2D eigenvalue weighted by atomic mass is 32.2. The van der Waals surface area contributed by atoms with Crippen LogP contribution in [0.4, 0.5) is 0 Å². The minimum Gasteiger partial charge on any atom is -0.486 e. The zero-order valence-electron chi connectivity index (χ0n) is 15.7. The molecule has 7 nitrogen and oxygen atoms in total. The molecule has 26 heavy (non-hydrogen) atoms. The highest BCUT2D eigenvalue weighted by Gasteiger charge is 2.29. The lowest BCUT2D eigenvalue weighted by Gasteiger charge is -2.24. The summed E-state index contributed by atoms with van der Waals surface area (Å²) in [5.41, 5.74) is 0. The van der Waals surface area contributed by atoms with Crippen molar-refractivity contribution in [2.75, 3.05) is 13.2 Å². The SMILES string of the molecule is CCC[C@H](C)NC(=O)[C@H](NS(=O)(=O)c1ccc2c(c1)OCCO2)C(C)C. The van der Waals surface area contributed by atoms with Crippen LogP contribution in [0.2, 0.25) is 0 Å². The van der Waals surface area contributed by atoms with Gasteiger partial charge in [0.1, 0.15) is 19.3 Å². The lowest BCUT2D eigenvalue weighted by atomic mass is 10.0. The second-order valence-corrected chi connectivity index (χ2v) is 8.56. The molecular formula is C18H28N2O5S. The fourth-order valence-electron chi connectivity index (χ4n) is 2.76. The number of hydrogen-bond donors (Lipinski definition) is 2. The Morgan fingerprint density at radius 1 is 1.15 bits per heavy atom. The van der Waals surface area contributed by atoms with Gasteiger partial charge in [0.2, 0.25) is 15.9 Å². The lowest BCUT2D eigenvalue weighted by molar-refractivity contribution is -0.124. The molecule has 1 amide bonds. The normalized spacial score (nSPS) is 16.2. The Labute approximate surface area is 155 Å². The van der Waals surface area contributed by atoms with Crippen LogP contribution in [-0.2, 0) is 14.8 Å². The van der Waals surface area contributed by atoms with Gasteiger partial charge in [0, 0.05) is 12.1 Å². The maximum atomic E-state index is 12.8. The third kappa shape index (κ3) is 5.11. The van der Waals surface area contributed by atoms with E-state index in [1.807, 2.05) is 13.8 Å². The van der Waals surface area contributed by atoms with Gasteiger partial charge in [-0.25, -0.2) is 8.42 Å². The maximum Gasteiger partial charge on any atom is 0.241 e. The Bertz CT molecular complexity index is 733. The molecule has 2 rings (SSSR count). The Kier molecular flexibility index (Phi) is 6.88. The number of fused-ring (bicyclic) bond motifs is 1. The summed E-state index contributed by atoms with van der Waals surface area (Å²) in [4.78, 5) is 12.6. The lowest BCUT2D eigenvalue weighted by Crippen LogP contribution is -2.51. The molecule has 0 saturated heterocycles. The van der Waals surface area contributed by atoms with E-state index in [1.165, 1.54) is 12.1 Å². The number of rotatable bonds is 8. The van der Waals surface area contributed by atoms with Crippen molar-refractivity contribution in [1.29, 1.82) is 0 Å². The minimum absolute atomic E-state index is 0.00690. The molecule has 0 bridgehead atoms. The number of ether oxygens (including phenoxy) is 2. The standard InChI is InChI=1S/C18H28N2O5S/c1-5-6-13(4)19-18(21)17(12(2)3)20-26(22,23)14-7-8-15-16(11-14)25-10-9-24-15/h7-8,11-13,17,20H,5-6,9-10H2,1-4H3,(H,19,21)/t13-,17+/m0/s1. The van der Waals surface area contributed by atoms with Crippen LogP contribution in [-0.4, -0.2) is 39.6 Å². The van der Waals surface area contributed by atoms with Crippen molar-refractivity contribution < 1.29 is 22.7 Å². The van der Waals surface area contributed by atoms with Gasteiger partial charge < -0.3 is 14.8 Å². The zero-order valence-corrected chi connectivity index (χ0v) is 16.6. The van der Waals surface area contributed by atoms with Gasteiger partial charge in [-0.1, -0.05) is 27.2 Å². The van der Waals surface area contributed by atoms with E-state index in [0.29, 0.717) is 24.7 Å². The van der Waals surface area contributed by atoms with Crippen LogP contribution in [0.25, 0.3) is 0 Å². The first-order chi connectivity index (χ1) is 12.2. The van der Waals surface area contributed by atoms with Gasteiger partial charge >= 0.3 is 0 Å². The summed E-state index contributed by atoms with van der Waals surface area (Å²) in [5.74, 6) is 0.390. The van der Waals surface area contributed by atoms with Crippen molar-refractivity contribution in [1.82, 2.24) is 10.0 Å². The molecule has 0 radical (unpaired) electrons. The van der Waals surface area contributed by atoms with Crippen molar-refractivity contribution in [2.45, 2.75) is 57.5 Å². The van der Waals surface area contributed by atoms with E-state index < -0.39 is 16.1 Å². The van der Waals surface area contributed by atoms with Crippen molar-refractivity contribution in [2.24, 2.45) is 5.92 Å². The molecule has 2 N–H and O–H groups in total. The Morgan fingerprint density at radius 2 is 1.81 bits per heavy atom. The van der Waals surface area contributed by atoms with Gasteiger partial charge in [-0.15, -0.1) is 0 Å². The van der Waals surface area contributed by atoms with Gasteiger partial charge in [-0.2, -0.15) is 4.72 Å². The smallest absolute Gasteiger partial charge is 0.241 e. The number of nitrogens with one attached hydrogen (secondary N) is 2. The number of carbonyl (C=O) groups excluding carboxylic acids is 1. The second kappa shape index (κ2) is 8.73. The van der Waals surface area contributed by atoms with Crippen LogP contribution >= 0.6 is 0 Å². The van der Waals surface area contributed by atoms with Gasteiger partial charge in [0.15, 0.2) is 11.5 Å². The maximum absolute atomic E-state index is 12.8. The minimum atomic E-state index is -3.88. The van der Waals surface area contributed by atoms with Crippen molar-refractivity contribution in [3.05, 3.63) is 18.2 Å². The number of benzene rings is 1. The number of carbonyl (C=O) groups is 1. The molecule has 0 aliphatic carbocycles. The van der Waals surface area contributed by atoms with E-state index in [9.17, 15) is 13.2 Å². The van der Waals surface area contributed by atoms with Crippen LogP contribution in [0.3, 0.4) is 0 Å². The summed E-state index contributed by atoms with van der Waals surface area (Å²) >= 11 is 0. The van der Waals surface area contributed by atoms with Crippen molar-refractivity contribution in [3.8, 4) is 11.5 Å². The van der Waals surface area contributed by atoms with E-state index in [2.05, 4.69) is 10.0 Å². The molecule has 0 unspecified atom stereocenters. The van der Waals surface area contributed by atoms with Gasteiger partial charge in [-0.05, 0) is 31.4 Å². The quantitative estimate of drug-likeness (QED) is 0.716. The van der Waals surface area contributed by atoms with Crippen LogP contribution < -0.4 is 19.5 Å². The van der Waals surface area contributed by atoms with E-state index in [0.717, 1.165) is 12.8 Å². The third-order valence-electron chi connectivity index (χ3n) is 4.17. The van der Waals surface area contributed by atoms with Crippen LogP contribution in [0.15, 0.2) is 23.1 Å². The van der Waals surface area contributed by atoms with Crippen molar-refractivity contribution >= 4 is 15.9 Å². The Balaban J connectivity index is 2.17. The van der Waals surface area contributed by atoms with E-state index in [-0.39, 0.29) is 22.8 Å². The molecule has 146 valence electrons. The van der Waals surface area contributed by atoms with Gasteiger partial charge in [0.25, 0.3) is 0 Å². The molecular weight excluding hydrogens is 356 g/mol. The summed E-state index contributed by atoms with van der Waals surface area (Å²) in [7, 11) is -3.88. The summed E-state index contributed by atoms with van der Waals surface area (Å²) in [6.45, 7) is 8.36. The first-order valence-corrected chi connectivity index (χ1v) is 10.4. The molecule has 2 atom stereocenters. The molecule has 0 aromatic heterocycles. The summed E-state index contributed by atoms with van der Waals surface area (Å²) < 4.78 is 38.9. The number of sulfonamides is 1. The zero-order chi connectivity index (χ0) is 19.3. The first-order valence-electron chi connectivity index (χ1n) is 8.97. The molecule has 1 aliphatic rings. The van der Waals surface area contributed by atoms with E-state index in [4.69, 9.17) is 9.47 Å². The Hall–Kier alpha value is -1.80. The molecule has 1 aromatic rings.